The summed E-state index contributed by atoms with van der Waals surface area (Å²) in [6.45, 7) is 5.80. The van der Waals surface area contributed by atoms with Crippen LogP contribution < -0.4 is 15.4 Å². The number of hydrogen-bond donors (Lipinski definition) is 1. The van der Waals surface area contributed by atoms with Crippen LogP contribution in [0.4, 0.5) is 10.1 Å². The lowest BCUT2D eigenvalue weighted by molar-refractivity contribution is 0.380. The molecule has 0 aromatic heterocycles. The van der Waals surface area contributed by atoms with Crippen molar-refractivity contribution in [3.05, 3.63) is 59.4 Å². The van der Waals surface area contributed by atoms with Crippen LogP contribution in [0, 0.1) is 12.7 Å². The standard InChI is InChI=1S/C20H25FN4O/c1-15-3-4-16(13-19(15)26-2)14-23-20(22)25-11-9-24(10-12-25)18-7-5-17(21)6-8-18/h3-8,13H,9-12,14H2,1-2H3,(H2,22,23). The van der Waals surface area contributed by atoms with Gasteiger partial charge in [-0.2, -0.15) is 0 Å². The van der Waals surface area contributed by atoms with Crippen molar-refractivity contribution in [3.8, 4) is 5.75 Å². The minimum absolute atomic E-state index is 0.212. The number of ether oxygens (including phenoxy) is 1. The molecule has 3 rings (SSSR count). The quantitative estimate of drug-likeness (QED) is 0.676. The van der Waals surface area contributed by atoms with Gasteiger partial charge in [-0.3, -0.25) is 0 Å². The number of piperazine rings is 1. The second kappa shape index (κ2) is 8.08. The first-order valence-corrected chi connectivity index (χ1v) is 8.75. The van der Waals surface area contributed by atoms with E-state index in [1.165, 1.54) is 12.1 Å². The maximum Gasteiger partial charge on any atom is 0.191 e. The van der Waals surface area contributed by atoms with Gasteiger partial charge in [0, 0.05) is 31.9 Å². The van der Waals surface area contributed by atoms with Crippen molar-refractivity contribution in [1.29, 1.82) is 0 Å². The summed E-state index contributed by atoms with van der Waals surface area (Å²) in [5.74, 6) is 1.21. The molecule has 5 nitrogen and oxygen atoms in total. The normalized spacial score (nSPS) is 15.3. The van der Waals surface area contributed by atoms with Crippen molar-refractivity contribution >= 4 is 11.6 Å². The molecule has 0 spiro atoms. The van der Waals surface area contributed by atoms with Gasteiger partial charge >= 0.3 is 0 Å². The van der Waals surface area contributed by atoms with Gasteiger partial charge in [0.15, 0.2) is 5.96 Å². The summed E-state index contributed by atoms with van der Waals surface area (Å²) in [6.07, 6.45) is 0. The average molecular weight is 356 g/mol. The molecule has 1 saturated heterocycles. The van der Waals surface area contributed by atoms with Crippen LogP contribution in [0.25, 0.3) is 0 Å². The van der Waals surface area contributed by atoms with E-state index in [-0.39, 0.29) is 5.82 Å². The lowest BCUT2D eigenvalue weighted by Crippen LogP contribution is -2.51. The molecular formula is C20H25FN4O. The van der Waals surface area contributed by atoms with E-state index in [1.807, 2.05) is 37.3 Å². The molecule has 0 unspecified atom stereocenters. The third-order valence-electron chi connectivity index (χ3n) is 4.69. The molecule has 0 aliphatic carbocycles. The Morgan fingerprint density at radius 1 is 1.12 bits per heavy atom. The molecule has 26 heavy (non-hydrogen) atoms. The van der Waals surface area contributed by atoms with E-state index >= 15 is 0 Å². The Labute approximate surface area is 153 Å². The fourth-order valence-corrected chi connectivity index (χ4v) is 3.08. The number of guanidine groups is 1. The number of aliphatic imine (C=N–C) groups is 1. The molecule has 0 bridgehead atoms. The van der Waals surface area contributed by atoms with E-state index < -0.39 is 0 Å². The summed E-state index contributed by atoms with van der Waals surface area (Å²) in [6, 6.07) is 12.7. The molecule has 1 fully saturated rings. The maximum atomic E-state index is 13.0. The van der Waals surface area contributed by atoms with Crippen LogP contribution in [0.5, 0.6) is 5.75 Å². The maximum absolute atomic E-state index is 13.0. The lowest BCUT2D eigenvalue weighted by Gasteiger charge is -2.36. The topological polar surface area (TPSA) is 54.1 Å². The van der Waals surface area contributed by atoms with Gasteiger partial charge in [-0.1, -0.05) is 12.1 Å². The molecule has 2 aromatic carbocycles. The molecule has 2 N–H and O–H groups in total. The zero-order chi connectivity index (χ0) is 18.5. The summed E-state index contributed by atoms with van der Waals surface area (Å²) < 4.78 is 18.4. The van der Waals surface area contributed by atoms with Crippen molar-refractivity contribution in [2.45, 2.75) is 13.5 Å². The van der Waals surface area contributed by atoms with Crippen LogP contribution in [-0.2, 0) is 6.54 Å². The second-order valence-electron chi connectivity index (χ2n) is 6.43. The summed E-state index contributed by atoms with van der Waals surface area (Å²) in [7, 11) is 1.67. The average Bonchev–Trinajstić information content (AvgIpc) is 2.68. The first-order chi connectivity index (χ1) is 12.6. The Morgan fingerprint density at radius 3 is 2.46 bits per heavy atom. The lowest BCUT2D eigenvalue weighted by atomic mass is 10.1. The molecule has 1 aliphatic heterocycles. The predicted molar refractivity (Wildman–Crippen MR) is 103 cm³/mol. The molecule has 6 heteroatoms. The predicted octanol–water partition coefficient (Wildman–Crippen LogP) is 2.78. The number of methoxy groups -OCH3 is 1. The fourth-order valence-electron chi connectivity index (χ4n) is 3.08. The number of anilines is 1. The van der Waals surface area contributed by atoms with Gasteiger partial charge in [0.05, 0.1) is 13.7 Å². The van der Waals surface area contributed by atoms with Gasteiger partial charge in [0.1, 0.15) is 11.6 Å². The summed E-state index contributed by atoms with van der Waals surface area (Å²) in [5, 5.41) is 0. The van der Waals surface area contributed by atoms with Crippen LogP contribution in [-0.4, -0.2) is 44.1 Å². The largest absolute Gasteiger partial charge is 0.496 e. The van der Waals surface area contributed by atoms with E-state index in [2.05, 4.69) is 14.8 Å². The van der Waals surface area contributed by atoms with E-state index in [1.54, 1.807) is 7.11 Å². The zero-order valence-corrected chi connectivity index (χ0v) is 15.3. The van der Waals surface area contributed by atoms with Crippen molar-refractivity contribution in [3.63, 3.8) is 0 Å². The molecule has 1 heterocycles. The molecular weight excluding hydrogens is 331 g/mol. The monoisotopic (exact) mass is 356 g/mol. The third-order valence-corrected chi connectivity index (χ3v) is 4.69. The first kappa shape index (κ1) is 18.0. The highest BCUT2D eigenvalue weighted by Gasteiger charge is 2.18. The first-order valence-electron chi connectivity index (χ1n) is 8.75. The highest BCUT2D eigenvalue weighted by molar-refractivity contribution is 5.78. The molecule has 138 valence electrons. The number of rotatable bonds is 4. The van der Waals surface area contributed by atoms with Gasteiger partial charge in [-0.25, -0.2) is 9.38 Å². The van der Waals surface area contributed by atoms with Gasteiger partial charge < -0.3 is 20.3 Å². The Morgan fingerprint density at radius 2 is 1.81 bits per heavy atom. The zero-order valence-electron chi connectivity index (χ0n) is 15.3. The van der Waals surface area contributed by atoms with Gasteiger partial charge in [-0.15, -0.1) is 0 Å². The van der Waals surface area contributed by atoms with Gasteiger partial charge in [-0.05, 0) is 48.4 Å². The number of hydrogen-bond acceptors (Lipinski definition) is 3. The molecule has 1 aliphatic rings. The number of nitrogens with two attached hydrogens (primary N) is 1. The van der Waals surface area contributed by atoms with Crippen molar-refractivity contribution in [1.82, 2.24) is 4.90 Å². The Bertz CT molecular complexity index is 768. The van der Waals surface area contributed by atoms with Crippen LogP contribution >= 0.6 is 0 Å². The summed E-state index contributed by atoms with van der Waals surface area (Å²) in [5.41, 5.74) is 9.38. The van der Waals surface area contributed by atoms with E-state index in [0.717, 1.165) is 48.7 Å². The molecule has 0 saturated carbocycles. The number of halogens is 1. The highest BCUT2D eigenvalue weighted by atomic mass is 19.1. The van der Waals surface area contributed by atoms with Crippen LogP contribution in [0.3, 0.4) is 0 Å². The Kier molecular flexibility index (Phi) is 5.61. The second-order valence-corrected chi connectivity index (χ2v) is 6.43. The minimum Gasteiger partial charge on any atom is -0.496 e. The van der Waals surface area contributed by atoms with Crippen molar-refractivity contribution < 1.29 is 9.13 Å². The highest BCUT2D eigenvalue weighted by Crippen LogP contribution is 2.20. The smallest absolute Gasteiger partial charge is 0.191 e. The van der Waals surface area contributed by atoms with Crippen molar-refractivity contribution in [2.75, 3.05) is 38.2 Å². The Hall–Kier alpha value is -2.76. The number of nitrogens with zero attached hydrogens (tertiary/aromatic N) is 3. The van der Waals surface area contributed by atoms with Gasteiger partial charge in [0.25, 0.3) is 0 Å². The number of benzene rings is 2. The SMILES string of the molecule is COc1cc(CN=C(N)N2CCN(c3ccc(F)cc3)CC2)ccc1C. The Balaban J connectivity index is 1.56. The van der Waals surface area contributed by atoms with Gasteiger partial charge in [0.2, 0.25) is 0 Å². The van der Waals surface area contributed by atoms with E-state index in [0.29, 0.717) is 12.5 Å². The summed E-state index contributed by atoms with van der Waals surface area (Å²) in [4.78, 5) is 8.85. The third kappa shape index (κ3) is 4.25. The van der Waals surface area contributed by atoms with Crippen LogP contribution in [0.2, 0.25) is 0 Å². The van der Waals surface area contributed by atoms with E-state index in [4.69, 9.17) is 10.5 Å². The fraction of sp³-hybridized carbons (Fsp3) is 0.350. The van der Waals surface area contributed by atoms with E-state index in [9.17, 15) is 4.39 Å². The number of aryl methyl sites for hydroxylation is 1. The minimum atomic E-state index is -0.212. The van der Waals surface area contributed by atoms with Crippen LogP contribution in [0.15, 0.2) is 47.5 Å². The summed E-state index contributed by atoms with van der Waals surface area (Å²) >= 11 is 0. The molecule has 0 amide bonds. The van der Waals surface area contributed by atoms with Crippen LogP contribution in [0.1, 0.15) is 11.1 Å². The molecule has 0 atom stereocenters. The molecule has 0 radical (unpaired) electrons. The molecule has 2 aromatic rings. The van der Waals surface area contributed by atoms with Crippen molar-refractivity contribution in [2.24, 2.45) is 10.7 Å².